The van der Waals surface area contributed by atoms with Crippen molar-refractivity contribution in [3.8, 4) is 0 Å². The summed E-state index contributed by atoms with van der Waals surface area (Å²) in [6.45, 7) is 8.67. The normalized spacial score (nSPS) is 11.4. The fourth-order valence-electron chi connectivity index (χ4n) is 1.02. The quantitative estimate of drug-likeness (QED) is 0.617. The highest BCUT2D eigenvalue weighted by Gasteiger charge is 2.29. The molecule has 0 aliphatic heterocycles. The van der Waals surface area contributed by atoms with Crippen LogP contribution in [0.4, 0.5) is 0 Å². The lowest BCUT2D eigenvalue weighted by atomic mass is 9.54. The van der Waals surface area contributed by atoms with Gasteiger partial charge >= 0.3 is 7.05 Å². The van der Waals surface area contributed by atoms with E-state index in [1.807, 2.05) is 0 Å². The molecule has 0 bridgehead atoms. The molecule has 64 valence electrons. The zero-order valence-electron chi connectivity index (χ0n) is 8.40. The van der Waals surface area contributed by atoms with Crippen LogP contribution in [0.1, 0.15) is 27.7 Å². The monoisotopic (exact) mass is 155 g/mol. The van der Waals surface area contributed by atoms with E-state index in [1.54, 1.807) is 7.11 Å². The van der Waals surface area contributed by atoms with E-state index in [0.717, 1.165) is 13.7 Å². The Morgan fingerprint density at radius 1 is 1.45 bits per heavy atom. The highest BCUT2D eigenvalue weighted by molar-refractivity contribution is 6.62. The minimum Gasteiger partial charge on any atom is -0.424 e. The summed E-state index contributed by atoms with van der Waals surface area (Å²) in [4.78, 5) is 0. The van der Waals surface area contributed by atoms with Gasteiger partial charge in [-0.05, 0) is 5.31 Å². The Balaban J connectivity index is 3.76. The number of rotatable bonds is 4. The van der Waals surface area contributed by atoms with Gasteiger partial charge in [0.2, 0.25) is 0 Å². The van der Waals surface area contributed by atoms with Crippen LogP contribution in [0.15, 0.2) is 0 Å². The van der Waals surface area contributed by atoms with Crippen LogP contribution in [0.3, 0.4) is 0 Å². The lowest BCUT2D eigenvalue weighted by Gasteiger charge is -2.25. The van der Waals surface area contributed by atoms with E-state index in [2.05, 4.69) is 32.8 Å². The molecule has 0 saturated heterocycles. The summed E-state index contributed by atoms with van der Waals surface area (Å²) < 4.78 is 5.31. The number of nitrogens with one attached hydrogen (secondary N) is 1. The second-order valence-corrected chi connectivity index (χ2v) is 3.94. The summed E-state index contributed by atoms with van der Waals surface area (Å²) in [6, 6.07) is 0. The van der Waals surface area contributed by atoms with E-state index in [0.29, 0.717) is 0 Å². The van der Waals surface area contributed by atoms with Crippen LogP contribution in [0.25, 0.3) is 0 Å². The molecule has 0 saturated carbocycles. The number of hydrogen-bond acceptors (Lipinski definition) is 2. The van der Waals surface area contributed by atoms with Gasteiger partial charge < -0.3 is 9.79 Å². The van der Waals surface area contributed by atoms with Gasteiger partial charge in [-0.25, -0.2) is 0 Å². The van der Waals surface area contributed by atoms with Gasteiger partial charge in [-0.3, -0.25) is 0 Å². The van der Waals surface area contributed by atoms with Crippen molar-refractivity contribution in [2.24, 2.45) is 0 Å². The molecular weight excluding hydrogens is 136 g/mol. The average Bonchev–Trinajstić information content (AvgIpc) is 1.87. The third-order valence-electron chi connectivity index (χ3n) is 1.60. The van der Waals surface area contributed by atoms with Crippen LogP contribution in [0.5, 0.6) is 0 Å². The largest absolute Gasteiger partial charge is 0.424 e. The molecule has 4 heteroatoms. The van der Waals surface area contributed by atoms with E-state index in [1.165, 1.54) is 0 Å². The van der Waals surface area contributed by atoms with Gasteiger partial charge in [0.05, 0.1) is 0 Å². The first-order chi connectivity index (χ1) is 5.02. The first-order valence-electron chi connectivity index (χ1n) is 4.28. The van der Waals surface area contributed by atoms with Gasteiger partial charge in [0.1, 0.15) is 0 Å². The van der Waals surface area contributed by atoms with Crippen molar-refractivity contribution in [2.45, 2.75) is 39.3 Å². The van der Waals surface area contributed by atoms with Gasteiger partial charge in [-0.1, -0.05) is 34.0 Å². The van der Waals surface area contributed by atoms with Crippen LogP contribution >= 0.6 is 0 Å². The molecule has 0 aromatic rings. The number of hydrogen-bond donors (Lipinski definition) is 1. The molecule has 2 nitrogen and oxygen atoms in total. The highest BCUT2D eigenvalue weighted by atomic mass is 16.4. The van der Waals surface area contributed by atoms with Crippen LogP contribution in [-0.4, -0.2) is 21.6 Å². The maximum atomic E-state index is 5.31. The van der Waals surface area contributed by atoms with Crippen LogP contribution in [-0.2, 0) is 4.65 Å². The topological polar surface area (TPSA) is 21.3 Å². The Hall–Kier alpha value is 0.0499. The van der Waals surface area contributed by atoms with Gasteiger partial charge in [0, 0.05) is 7.11 Å². The molecule has 0 aliphatic carbocycles. The van der Waals surface area contributed by atoms with Crippen LogP contribution < -0.4 is 5.14 Å². The van der Waals surface area contributed by atoms with Crippen LogP contribution in [0.2, 0.25) is 11.6 Å². The Morgan fingerprint density at radius 2 is 2.00 bits per heavy atom. The third kappa shape index (κ3) is 4.49. The Labute approximate surface area is 71.5 Å². The van der Waals surface area contributed by atoms with Gasteiger partial charge in [0.15, 0.2) is 7.41 Å². The molecule has 0 aliphatic rings. The summed E-state index contributed by atoms with van der Waals surface area (Å²) in [5.41, 5.74) is 0. The second kappa shape index (κ2) is 4.83. The van der Waals surface area contributed by atoms with E-state index in [4.69, 9.17) is 4.65 Å². The average molecular weight is 155 g/mol. The van der Waals surface area contributed by atoms with Gasteiger partial charge in [-0.2, -0.15) is 0 Å². The van der Waals surface area contributed by atoms with E-state index in [9.17, 15) is 0 Å². The minimum atomic E-state index is 0.169. The fourth-order valence-corrected chi connectivity index (χ4v) is 1.02. The molecule has 0 amide bonds. The predicted octanol–water partition coefficient (Wildman–Crippen LogP) is 1.30. The van der Waals surface area contributed by atoms with Crippen molar-refractivity contribution in [1.82, 2.24) is 5.14 Å². The molecular formula is C7H19B2NO. The molecule has 0 radical (unpaired) electrons. The van der Waals surface area contributed by atoms with Crippen LogP contribution in [0, 0.1) is 0 Å². The molecule has 0 heterocycles. The first kappa shape index (κ1) is 11.0. The Bertz CT molecular complexity index is 103. The van der Waals surface area contributed by atoms with E-state index < -0.39 is 0 Å². The predicted molar refractivity (Wildman–Crippen MR) is 53.2 cm³/mol. The summed E-state index contributed by atoms with van der Waals surface area (Å²) in [5, 5.41) is 3.52. The molecule has 0 spiro atoms. The first-order valence-corrected chi connectivity index (χ1v) is 4.28. The standard InChI is InChI=1S/C7H19B2NO/c1-6-8-10-9(11-5)7(2,3)4/h8,10H,6H2,1-5H3. The van der Waals surface area contributed by atoms with E-state index in [-0.39, 0.29) is 12.4 Å². The lowest BCUT2D eigenvalue weighted by Crippen LogP contribution is -2.45. The molecule has 0 fully saturated rings. The summed E-state index contributed by atoms with van der Waals surface area (Å²) >= 11 is 0. The van der Waals surface area contributed by atoms with Crippen molar-refractivity contribution < 1.29 is 4.65 Å². The fraction of sp³-hybridized carbons (Fsp3) is 1.00. The Morgan fingerprint density at radius 3 is 2.27 bits per heavy atom. The highest BCUT2D eigenvalue weighted by Crippen LogP contribution is 2.24. The summed E-state index contributed by atoms with van der Waals surface area (Å²) in [6.07, 6.45) is 1.15. The molecule has 0 aromatic heterocycles. The SMILES string of the molecule is CCBNB(OC)C(C)(C)C. The van der Waals surface area contributed by atoms with Crippen molar-refractivity contribution in [2.75, 3.05) is 7.11 Å². The van der Waals surface area contributed by atoms with Gasteiger partial charge in [0.25, 0.3) is 0 Å². The van der Waals surface area contributed by atoms with E-state index >= 15 is 0 Å². The Kier molecular flexibility index (Phi) is 4.86. The van der Waals surface area contributed by atoms with Gasteiger partial charge in [-0.15, -0.1) is 0 Å². The maximum absolute atomic E-state index is 5.31. The molecule has 0 unspecified atom stereocenters. The summed E-state index contributed by atoms with van der Waals surface area (Å²) in [5.74, 6) is 0. The smallest absolute Gasteiger partial charge is 0.373 e. The van der Waals surface area contributed by atoms with Crippen molar-refractivity contribution >= 4 is 14.5 Å². The second-order valence-electron chi connectivity index (χ2n) is 3.94. The van der Waals surface area contributed by atoms with Crippen molar-refractivity contribution in [3.63, 3.8) is 0 Å². The third-order valence-corrected chi connectivity index (χ3v) is 1.60. The van der Waals surface area contributed by atoms with Crippen molar-refractivity contribution in [3.05, 3.63) is 0 Å². The summed E-state index contributed by atoms with van der Waals surface area (Å²) in [7, 11) is 2.94. The minimum absolute atomic E-state index is 0.169. The zero-order valence-corrected chi connectivity index (χ0v) is 8.40. The lowest BCUT2D eigenvalue weighted by molar-refractivity contribution is 0.386. The maximum Gasteiger partial charge on any atom is 0.373 e. The molecule has 0 atom stereocenters. The molecule has 11 heavy (non-hydrogen) atoms. The molecule has 0 rings (SSSR count). The molecule has 0 aromatic carbocycles. The molecule has 1 N–H and O–H groups in total. The zero-order chi connectivity index (χ0) is 8.91. The van der Waals surface area contributed by atoms with Crippen molar-refractivity contribution in [1.29, 1.82) is 0 Å².